The third-order valence-corrected chi connectivity index (χ3v) is 6.65. The van der Waals surface area contributed by atoms with Gasteiger partial charge in [-0.3, -0.25) is 5.32 Å². The van der Waals surface area contributed by atoms with Gasteiger partial charge in [-0.15, -0.1) is 5.10 Å². The van der Waals surface area contributed by atoms with E-state index in [2.05, 4.69) is 15.4 Å². The lowest BCUT2D eigenvalue weighted by atomic mass is 10.4. The quantitative estimate of drug-likeness (QED) is 0.642. The van der Waals surface area contributed by atoms with Crippen molar-refractivity contribution in [2.24, 2.45) is 7.05 Å². The maximum absolute atomic E-state index is 12.5. The summed E-state index contributed by atoms with van der Waals surface area (Å²) < 4.78 is 58.4. The first kappa shape index (κ1) is 20.6. The molecule has 0 saturated carbocycles. The van der Waals surface area contributed by atoms with E-state index in [9.17, 15) is 21.6 Å². The first-order chi connectivity index (χ1) is 12.5. The van der Waals surface area contributed by atoms with Gasteiger partial charge in [-0.2, -0.15) is 4.98 Å². The molecule has 14 heteroatoms. The molecule has 12 nitrogen and oxygen atoms in total. The molecule has 1 aromatic carbocycles. The topological polar surface area (TPSA) is 153 Å². The van der Waals surface area contributed by atoms with Crippen molar-refractivity contribution < 1.29 is 26.4 Å². The van der Waals surface area contributed by atoms with Gasteiger partial charge in [-0.25, -0.2) is 35.3 Å². The van der Waals surface area contributed by atoms with Gasteiger partial charge in [0.05, 0.1) is 7.11 Å². The van der Waals surface area contributed by atoms with Crippen molar-refractivity contribution in [1.29, 1.82) is 0 Å². The molecular weight excluding hydrogens is 400 g/mol. The largest absolute Gasteiger partial charge is 0.467 e. The Morgan fingerprint density at radius 1 is 1.15 bits per heavy atom. The fourth-order valence-electron chi connectivity index (χ4n) is 1.99. The summed E-state index contributed by atoms with van der Waals surface area (Å²) >= 11 is 0. The molecule has 0 spiro atoms. The van der Waals surface area contributed by atoms with Gasteiger partial charge in [-0.1, -0.05) is 12.1 Å². The maximum Gasteiger partial charge on any atom is 0.335 e. The Morgan fingerprint density at radius 3 is 2.26 bits per heavy atom. The molecule has 1 aromatic heterocycles. The molecule has 0 radical (unpaired) electrons. The van der Waals surface area contributed by atoms with E-state index in [1.54, 1.807) is 4.72 Å². The number of urea groups is 1. The third-order valence-electron chi connectivity index (χ3n) is 3.26. The van der Waals surface area contributed by atoms with Crippen molar-refractivity contribution in [2.45, 2.75) is 9.79 Å². The summed E-state index contributed by atoms with van der Waals surface area (Å²) in [5, 5.41) is 5.95. The minimum atomic E-state index is -4.50. The van der Waals surface area contributed by atoms with Crippen LogP contribution in [0.2, 0.25) is 0 Å². The number of rotatable bonds is 6. The lowest BCUT2D eigenvalue weighted by molar-refractivity contribution is 0.256. The molecule has 2 N–H and O–H groups in total. The molecule has 148 valence electrons. The first-order valence-electron chi connectivity index (χ1n) is 7.29. The number of nitrogens with zero attached hydrogens (tertiary/aromatic N) is 4. The van der Waals surface area contributed by atoms with Crippen molar-refractivity contribution in [3.8, 4) is 6.01 Å². The molecule has 0 aliphatic carbocycles. The van der Waals surface area contributed by atoms with Crippen LogP contribution in [0.15, 0.2) is 34.1 Å². The highest BCUT2D eigenvalue weighted by atomic mass is 32.2. The molecule has 0 atom stereocenters. The molecule has 0 aliphatic heterocycles. The van der Waals surface area contributed by atoms with Gasteiger partial charge in [0.15, 0.2) is 0 Å². The number of benzene rings is 1. The van der Waals surface area contributed by atoms with Crippen LogP contribution in [0.5, 0.6) is 6.01 Å². The van der Waals surface area contributed by atoms with Crippen LogP contribution >= 0.6 is 0 Å². The zero-order valence-electron chi connectivity index (χ0n) is 14.9. The predicted octanol–water partition coefficient (Wildman–Crippen LogP) is -0.416. The molecule has 0 unspecified atom stereocenters. The standard InChI is InChI=1S/C13H18N6O6S2/c1-18(2)27(23,24)10-8-6-5-7-9(10)26(21,22)17-12(20)14-11-15-13(25-4)19(3)16-11/h5-8H,1-4H3,(H2,14,16,17,20). The lowest BCUT2D eigenvalue weighted by Crippen LogP contribution is -2.36. The number of aryl methyl sites for hydroxylation is 1. The van der Waals surface area contributed by atoms with Gasteiger partial charge in [0.2, 0.25) is 10.0 Å². The molecule has 0 fully saturated rings. The zero-order chi connectivity index (χ0) is 20.4. The number of sulfonamides is 2. The van der Waals surface area contributed by atoms with Gasteiger partial charge in [0, 0.05) is 21.1 Å². The molecule has 27 heavy (non-hydrogen) atoms. The number of amides is 2. The number of nitrogens with one attached hydrogen (secondary N) is 2. The molecule has 2 rings (SSSR count). The summed E-state index contributed by atoms with van der Waals surface area (Å²) in [6.07, 6.45) is 0. The third kappa shape index (κ3) is 4.35. The van der Waals surface area contributed by atoms with E-state index in [1.165, 1.54) is 45.1 Å². The molecule has 1 heterocycles. The van der Waals surface area contributed by atoms with Crippen LogP contribution in [0.4, 0.5) is 10.7 Å². The van der Waals surface area contributed by atoms with Crippen LogP contribution in [-0.4, -0.2) is 63.1 Å². The van der Waals surface area contributed by atoms with Crippen molar-refractivity contribution in [1.82, 2.24) is 23.8 Å². The van der Waals surface area contributed by atoms with Gasteiger partial charge in [-0.05, 0) is 12.1 Å². The fourth-order valence-corrected chi connectivity index (χ4v) is 4.59. The Bertz CT molecular complexity index is 1060. The number of anilines is 1. The van der Waals surface area contributed by atoms with Crippen molar-refractivity contribution in [2.75, 3.05) is 26.5 Å². The second-order valence-corrected chi connectivity index (χ2v) is 9.11. The molecule has 2 aromatic rings. The fraction of sp³-hybridized carbons (Fsp3) is 0.308. The maximum atomic E-state index is 12.5. The normalized spacial score (nSPS) is 12.0. The number of ether oxygens (including phenoxy) is 1. The van der Waals surface area contributed by atoms with Crippen molar-refractivity contribution >= 4 is 32.0 Å². The smallest absolute Gasteiger partial charge is 0.335 e. The number of hydrogen-bond donors (Lipinski definition) is 2. The van der Waals surface area contributed by atoms with Crippen LogP contribution < -0.4 is 14.8 Å². The number of carbonyl (C=O) groups excluding carboxylic acids is 1. The van der Waals surface area contributed by atoms with Crippen LogP contribution in [-0.2, 0) is 27.1 Å². The highest BCUT2D eigenvalue weighted by molar-refractivity contribution is 7.92. The number of carbonyl (C=O) groups is 1. The van der Waals surface area contributed by atoms with Gasteiger partial charge in [0.1, 0.15) is 9.79 Å². The minimum Gasteiger partial charge on any atom is -0.467 e. The van der Waals surface area contributed by atoms with Crippen LogP contribution in [0, 0.1) is 0 Å². The predicted molar refractivity (Wildman–Crippen MR) is 94.2 cm³/mol. The van der Waals surface area contributed by atoms with Crippen LogP contribution in [0.3, 0.4) is 0 Å². The average molecular weight is 418 g/mol. The second kappa shape index (κ2) is 7.50. The summed E-state index contributed by atoms with van der Waals surface area (Å²) in [6, 6.07) is 3.85. The Balaban J connectivity index is 2.30. The molecule has 0 bridgehead atoms. The number of aromatic nitrogens is 3. The Hall–Kier alpha value is -2.71. The first-order valence-corrected chi connectivity index (χ1v) is 10.2. The molecular formula is C13H18N6O6S2. The Morgan fingerprint density at radius 2 is 1.74 bits per heavy atom. The van der Waals surface area contributed by atoms with Crippen molar-refractivity contribution in [3.63, 3.8) is 0 Å². The van der Waals surface area contributed by atoms with Gasteiger partial charge < -0.3 is 4.74 Å². The van der Waals surface area contributed by atoms with E-state index in [0.717, 1.165) is 16.4 Å². The lowest BCUT2D eigenvalue weighted by Gasteiger charge is -2.15. The Labute approximate surface area is 156 Å². The summed E-state index contributed by atoms with van der Waals surface area (Å²) in [6.45, 7) is 0. The highest BCUT2D eigenvalue weighted by Crippen LogP contribution is 2.22. The van der Waals surface area contributed by atoms with E-state index in [0.29, 0.717) is 0 Å². The second-order valence-electron chi connectivity index (χ2n) is 5.34. The number of methoxy groups -OCH3 is 1. The molecule has 2 amide bonds. The summed E-state index contributed by atoms with van der Waals surface area (Å²) in [5.74, 6) is -0.198. The van der Waals surface area contributed by atoms with E-state index >= 15 is 0 Å². The summed E-state index contributed by atoms with van der Waals surface area (Å²) in [4.78, 5) is 14.8. The Kier molecular flexibility index (Phi) is 5.72. The SMILES string of the molecule is COc1nc(NC(=O)NS(=O)(=O)c2ccccc2S(=O)(=O)N(C)C)nn1C. The number of hydrogen-bond acceptors (Lipinski definition) is 8. The van der Waals surface area contributed by atoms with E-state index in [1.807, 2.05) is 0 Å². The molecule has 0 saturated heterocycles. The van der Waals surface area contributed by atoms with Gasteiger partial charge in [0.25, 0.3) is 16.0 Å². The van der Waals surface area contributed by atoms with Crippen LogP contribution in [0.25, 0.3) is 0 Å². The monoisotopic (exact) mass is 418 g/mol. The zero-order valence-corrected chi connectivity index (χ0v) is 16.5. The van der Waals surface area contributed by atoms with E-state index < -0.39 is 35.9 Å². The van der Waals surface area contributed by atoms with E-state index in [4.69, 9.17) is 4.74 Å². The minimum absolute atomic E-state index is 0.0931. The summed E-state index contributed by atoms with van der Waals surface area (Å²) in [7, 11) is -3.17. The molecule has 0 aliphatic rings. The van der Waals surface area contributed by atoms with Crippen LogP contribution in [0.1, 0.15) is 0 Å². The summed E-state index contributed by atoms with van der Waals surface area (Å²) in [5.41, 5.74) is 0. The van der Waals surface area contributed by atoms with E-state index in [-0.39, 0.29) is 12.0 Å². The highest BCUT2D eigenvalue weighted by Gasteiger charge is 2.29. The van der Waals surface area contributed by atoms with Gasteiger partial charge >= 0.3 is 12.0 Å². The average Bonchev–Trinajstić information content (AvgIpc) is 2.93. The van der Waals surface area contributed by atoms with Crippen molar-refractivity contribution in [3.05, 3.63) is 24.3 Å².